The van der Waals surface area contributed by atoms with Crippen LogP contribution in [0.25, 0.3) is 21.5 Å². The molecule has 112 valence electrons. The van der Waals surface area contributed by atoms with Crippen molar-refractivity contribution in [3.05, 3.63) is 41.6 Å². The van der Waals surface area contributed by atoms with E-state index in [0.29, 0.717) is 16.9 Å². The quantitative estimate of drug-likeness (QED) is 0.533. The molecular formula is C16H14N2O2S2. The normalized spacial score (nSPS) is 10.9. The largest absolute Gasteiger partial charge is 0.465 e. The van der Waals surface area contributed by atoms with Crippen LogP contribution >= 0.6 is 23.1 Å². The van der Waals surface area contributed by atoms with Crippen LogP contribution in [0.4, 0.5) is 0 Å². The van der Waals surface area contributed by atoms with E-state index in [4.69, 9.17) is 4.74 Å². The maximum absolute atomic E-state index is 12.3. The molecule has 22 heavy (non-hydrogen) atoms. The minimum Gasteiger partial charge on any atom is -0.465 e. The highest BCUT2D eigenvalue weighted by atomic mass is 32.2. The standard InChI is InChI=1S/C16H14N2O2S2/c1-9-11(15(19)20-2)12(10-7-5-4-6-8-10)13-14(17-9)18-16(21-3)22-13/h4-8H,1-3H3. The first-order chi connectivity index (χ1) is 10.7. The number of benzene rings is 1. The molecule has 2 aromatic heterocycles. The van der Waals surface area contributed by atoms with Crippen molar-refractivity contribution < 1.29 is 9.53 Å². The molecule has 0 aliphatic heterocycles. The number of ether oxygens (including phenoxy) is 1. The average Bonchev–Trinajstić information content (AvgIpc) is 2.96. The van der Waals surface area contributed by atoms with Gasteiger partial charge in [-0.25, -0.2) is 14.8 Å². The van der Waals surface area contributed by atoms with E-state index in [0.717, 1.165) is 20.2 Å². The summed E-state index contributed by atoms with van der Waals surface area (Å²) in [6.07, 6.45) is 1.98. The Balaban J connectivity index is 2.42. The number of hydrogen-bond acceptors (Lipinski definition) is 6. The molecule has 6 heteroatoms. The topological polar surface area (TPSA) is 52.1 Å². The van der Waals surface area contributed by atoms with Gasteiger partial charge < -0.3 is 4.74 Å². The van der Waals surface area contributed by atoms with Crippen LogP contribution in [-0.2, 0) is 4.74 Å². The lowest BCUT2D eigenvalue weighted by molar-refractivity contribution is 0.0600. The summed E-state index contributed by atoms with van der Waals surface area (Å²) < 4.78 is 6.81. The molecule has 0 saturated carbocycles. The van der Waals surface area contributed by atoms with Gasteiger partial charge in [-0.05, 0) is 18.7 Å². The molecule has 3 rings (SSSR count). The maximum Gasteiger partial charge on any atom is 0.340 e. The minimum absolute atomic E-state index is 0.371. The van der Waals surface area contributed by atoms with E-state index >= 15 is 0 Å². The molecule has 0 bridgehead atoms. The number of aromatic nitrogens is 2. The summed E-state index contributed by atoms with van der Waals surface area (Å²) in [6, 6.07) is 9.83. The zero-order chi connectivity index (χ0) is 15.7. The molecule has 0 spiro atoms. The van der Waals surface area contributed by atoms with Gasteiger partial charge in [-0.15, -0.1) is 11.3 Å². The van der Waals surface area contributed by atoms with Crippen LogP contribution in [0.2, 0.25) is 0 Å². The van der Waals surface area contributed by atoms with Gasteiger partial charge in [0, 0.05) is 5.56 Å². The molecule has 0 amide bonds. The van der Waals surface area contributed by atoms with Gasteiger partial charge >= 0.3 is 5.97 Å². The van der Waals surface area contributed by atoms with Gasteiger partial charge in [-0.2, -0.15) is 0 Å². The lowest BCUT2D eigenvalue weighted by Gasteiger charge is -2.11. The number of rotatable bonds is 3. The van der Waals surface area contributed by atoms with Gasteiger partial charge in [0.2, 0.25) is 0 Å². The Morgan fingerprint density at radius 2 is 1.95 bits per heavy atom. The number of nitrogens with zero attached hydrogens (tertiary/aromatic N) is 2. The molecular weight excluding hydrogens is 316 g/mol. The number of fused-ring (bicyclic) bond motifs is 1. The van der Waals surface area contributed by atoms with Crippen molar-refractivity contribution in [2.24, 2.45) is 0 Å². The zero-order valence-corrected chi connectivity index (χ0v) is 14.0. The van der Waals surface area contributed by atoms with Crippen LogP contribution < -0.4 is 0 Å². The van der Waals surface area contributed by atoms with Crippen LogP contribution in [0.1, 0.15) is 16.1 Å². The molecule has 0 unspecified atom stereocenters. The minimum atomic E-state index is -0.371. The number of hydrogen-bond donors (Lipinski definition) is 0. The highest BCUT2D eigenvalue weighted by Gasteiger charge is 2.23. The molecule has 0 aliphatic rings. The Hall–Kier alpha value is -1.92. The van der Waals surface area contributed by atoms with E-state index in [2.05, 4.69) is 9.97 Å². The number of methoxy groups -OCH3 is 1. The van der Waals surface area contributed by atoms with E-state index in [1.807, 2.05) is 43.5 Å². The Bertz CT molecular complexity index is 844. The fourth-order valence-corrected chi connectivity index (χ4v) is 3.93. The van der Waals surface area contributed by atoms with E-state index in [1.54, 1.807) is 23.1 Å². The first-order valence-corrected chi connectivity index (χ1v) is 8.68. The van der Waals surface area contributed by atoms with E-state index in [1.165, 1.54) is 7.11 Å². The Labute approximate surface area is 136 Å². The van der Waals surface area contributed by atoms with Crippen LogP contribution in [0.15, 0.2) is 34.7 Å². The van der Waals surface area contributed by atoms with Crippen molar-refractivity contribution in [1.29, 1.82) is 0 Å². The second kappa shape index (κ2) is 6.06. The number of aryl methyl sites for hydroxylation is 1. The fourth-order valence-electron chi connectivity index (χ4n) is 2.36. The summed E-state index contributed by atoms with van der Waals surface area (Å²) in [7, 11) is 1.39. The zero-order valence-electron chi connectivity index (χ0n) is 12.4. The van der Waals surface area contributed by atoms with Crippen LogP contribution in [0, 0.1) is 6.92 Å². The van der Waals surface area contributed by atoms with Crippen LogP contribution in [-0.4, -0.2) is 29.3 Å². The van der Waals surface area contributed by atoms with Crippen molar-refractivity contribution in [1.82, 2.24) is 9.97 Å². The van der Waals surface area contributed by atoms with Crippen molar-refractivity contribution >= 4 is 39.4 Å². The predicted octanol–water partition coefficient (Wildman–Crippen LogP) is 4.18. The molecule has 0 atom stereocenters. The summed E-state index contributed by atoms with van der Waals surface area (Å²) in [4.78, 5) is 21.3. The maximum atomic E-state index is 12.3. The number of carbonyl (C=O) groups excluding carboxylic acids is 1. The molecule has 0 saturated heterocycles. The van der Waals surface area contributed by atoms with E-state index in [-0.39, 0.29) is 5.97 Å². The third kappa shape index (κ3) is 2.48. The highest BCUT2D eigenvalue weighted by Crippen LogP contribution is 2.38. The van der Waals surface area contributed by atoms with Crippen molar-refractivity contribution in [3.8, 4) is 11.1 Å². The molecule has 0 fully saturated rings. The first-order valence-electron chi connectivity index (χ1n) is 6.64. The third-order valence-corrected chi connectivity index (χ3v) is 5.38. The van der Waals surface area contributed by atoms with Gasteiger partial charge in [0.15, 0.2) is 9.99 Å². The van der Waals surface area contributed by atoms with Gasteiger partial charge in [0.1, 0.15) is 0 Å². The van der Waals surface area contributed by atoms with E-state index < -0.39 is 0 Å². The van der Waals surface area contributed by atoms with Gasteiger partial charge in [0.25, 0.3) is 0 Å². The van der Waals surface area contributed by atoms with E-state index in [9.17, 15) is 4.79 Å². The van der Waals surface area contributed by atoms with Gasteiger partial charge in [0.05, 0.1) is 23.1 Å². The second-order valence-corrected chi connectivity index (χ2v) is 6.69. The summed E-state index contributed by atoms with van der Waals surface area (Å²) in [5.41, 5.74) is 3.65. The SMILES string of the molecule is COC(=O)c1c(C)nc2nc(SC)sc2c1-c1ccccc1. The summed E-state index contributed by atoms with van der Waals surface area (Å²) in [5.74, 6) is -0.371. The lowest BCUT2D eigenvalue weighted by atomic mass is 9.99. The molecule has 1 aromatic carbocycles. The third-order valence-electron chi connectivity index (χ3n) is 3.33. The van der Waals surface area contributed by atoms with Gasteiger partial charge in [-0.1, -0.05) is 42.1 Å². The molecule has 2 heterocycles. The molecule has 4 nitrogen and oxygen atoms in total. The number of thioether (sulfide) groups is 1. The second-order valence-electron chi connectivity index (χ2n) is 4.64. The smallest absolute Gasteiger partial charge is 0.340 e. The van der Waals surface area contributed by atoms with Crippen molar-refractivity contribution in [2.75, 3.05) is 13.4 Å². The monoisotopic (exact) mass is 330 g/mol. The molecule has 0 N–H and O–H groups in total. The number of pyridine rings is 1. The number of esters is 1. The summed E-state index contributed by atoms with van der Waals surface area (Å²) >= 11 is 3.13. The van der Waals surface area contributed by atoms with Crippen LogP contribution in [0.3, 0.4) is 0 Å². The average molecular weight is 330 g/mol. The van der Waals surface area contributed by atoms with Crippen molar-refractivity contribution in [2.45, 2.75) is 11.3 Å². The molecule has 0 aliphatic carbocycles. The summed E-state index contributed by atoms with van der Waals surface area (Å²) in [6.45, 7) is 1.82. The number of carbonyl (C=O) groups is 1. The lowest BCUT2D eigenvalue weighted by Crippen LogP contribution is -2.08. The number of thiazole rings is 1. The predicted molar refractivity (Wildman–Crippen MR) is 90.7 cm³/mol. The Morgan fingerprint density at radius 1 is 1.23 bits per heavy atom. The first kappa shape index (κ1) is 15.0. The fraction of sp³-hybridized carbons (Fsp3) is 0.188. The Morgan fingerprint density at radius 3 is 2.59 bits per heavy atom. The Kier molecular flexibility index (Phi) is 4.13. The highest BCUT2D eigenvalue weighted by molar-refractivity contribution is 8.00. The van der Waals surface area contributed by atoms with Crippen LogP contribution in [0.5, 0.6) is 0 Å². The molecule has 0 radical (unpaired) electrons. The molecule has 3 aromatic rings. The summed E-state index contributed by atoms with van der Waals surface area (Å²) in [5, 5.41) is 0. The van der Waals surface area contributed by atoms with Gasteiger partial charge in [-0.3, -0.25) is 0 Å². The van der Waals surface area contributed by atoms with Crippen molar-refractivity contribution in [3.63, 3.8) is 0 Å².